The van der Waals surface area contributed by atoms with Gasteiger partial charge in [-0.2, -0.15) is 10.5 Å². The van der Waals surface area contributed by atoms with Crippen molar-refractivity contribution in [1.82, 2.24) is 0 Å². The van der Waals surface area contributed by atoms with Crippen LogP contribution in [0.3, 0.4) is 0 Å². The van der Waals surface area contributed by atoms with Gasteiger partial charge in [0.2, 0.25) is 0 Å². The van der Waals surface area contributed by atoms with Crippen molar-refractivity contribution in [3.63, 3.8) is 0 Å². The number of hydrogen-bond acceptors (Lipinski definition) is 2. The summed E-state index contributed by atoms with van der Waals surface area (Å²) in [6, 6.07) is 4.16. The molecule has 0 saturated heterocycles. The molecule has 0 spiro atoms. The lowest BCUT2D eigenvalue weighted by atomic mass is 9.89. The largest absolute Gasteiger partial charge is 0.198 e. The average molecular weight is 135 g/mol. The van der Waals surface area contributed by atoms with Gasteiger partial charge >= 0.3 is 0 Å². The maximum Gasteiger partial charge on any atom is 0.0686 e. The number of nitriles is 2. The highest BCUT2D eigenvalue weighted by Gasteiger charge is 2.15. The third-order valence-corrected chi connectivity index (χ3v) is 1.20. The number of hydrogen-bond donors (Lipinski definition) is 0. The van der Waals surface area contributed by atoms with Crippen LogP contribution in [0.25, 0.3) is 0 Å². The summed E-state index contributed by atoms with van der Waals surface area (Å²) in [5.41, 5.74) is -0.378. The van der Waals surface area contributed by atoms with Crippen LogP contribution in [0.4, 0.5) is 0 Å². The summed E-state index contributed by atoms with van der Waals surface area (Å²) in [5.74, 6) is 0. The summed E-state index contributed by atoms with van der Waals surface area (Å²) >= 11 is 0. The molecule has 10 heavy (non-hydrogen) atoms. The second-order valence-corrected chi connectivity index (χ2v) is 2.73. The van der Waals surface area contributed by atoms with Crippen LogP contribution in [0.1, 0.15) is 26.7 Å². The fraction of sp³-hybridized carbons (Fsp3) is 0.625. The van der Waals surface area contributed by atoms with E-state index in [2.05, 4.69) is 6.07 Å². The van der Waals surface area contributed by atoms with E-state index in [-0.39, 0.29) is 5.41 Å². The van der Waals surface area contributed by atoms with Gasteiger partial charge in [-0.1, -0.05) is 0 Å². The van der Waals surface area contributed by atoms with Crippen LogP contribution in [0.15, 0.2) is 0 Å². The molecule has 0 heterocycles. The summed E-state index contributed by atoms with van der Waals surface area (Å²) in [5, 5.41) is 16.7. The summed E-state index contributed by atoms with van der Waals surface area (Å²) in [6.45, 7) is 3.68. The molecule has 0 rings (SSSR count). The highest BCUT2D eigenvalue weighted by atomic mass is 14.3. The lowest BCUT2D eigenvalue weighted by Gasteiger charge is -2.11. The van der Waals surface area contributed by atoms with Crippen LogP contribution in [0.2, 0.25) is 0 Å². The Kier molecular flexibility index (Phi) is 3.51. The third-order valence-electron chi connectivity index (χ3n) is 1.20. The van der Waals surface area contributed by atoms with Crippen LogP contribution in [0, 0.1) is 34.5 Å². The predicted molar refractivity (Wildman–Crippen MR) is 38.5 cm³/mol. The van der Waals surface area contributed by atoms with Crippen molar-refractivity contribution in [2.24, 2.45) is 5.41 Å². The zero-order valence-corrected chi connectivity index (χ0v) is 6.39. The number of nitrogens with zero attached hydrogens (tertiary/aromatic N) is 2. The van der Waals surface area contributed by atoms with Crippen LogP contribution in [0.5, 0.6) is 0 Å². The molecular weight excluding hydrogens is 124 g/mol. The first-order chi connectivity index (χ1) is 4.62. The van der Waals surface area contributed by atoms with Gasteiger partial charge in [0.15, 0.2) is 0 Å². The molecule has 0 aromatic carbocycles. The van der Waals surface area contributed by atoms with E-state index in [1.54, 1.807) is 0 Å². The molecule has 1 radical (unpaired) electrons. The minimum Gasteiger partial charge on any atom is -0.198 e. The Labute approximate surface area is 62.1 Å². The molecule has 0 aliphatic rings. The van der Waals surface area contributed by atoms with E-state index in [9.17, 15) is 0 Å². The molecular formula is C8H11N2. The minimum atomic E-state index is -0.378. The molecule has 2 heteroatoms. The summed E-state index contributed by atoms with van der Waals surface area (Å²) in [6.07, 6.45) is 3.08. The van der Waals surface area contributed by atoms with E-state index >= 15 is 0 Å². The molecule has 0 bridgehead atoms. The molecule has 0 amide bonds. The first kappa shape index (κ1) is 8.98. The Morgan fingerprint density at radius 2 is 2.00 bits per heavy atom. The minimum absolute atomic E-state index is 0.378. The molecule has 53 valence electrons. The standard InChI is InChI=1S/C8H11N2/c1-8(2,7-10)5-3-4-6-9/h5H,3-4H2,1-2H3. The number of unbranched alkanes of at least 4 members (excludes halogenated alkanes) is 1. The molecule has 0 saturated carbocycles. The molecule has 2 nitrogen and oxygen atoms in total. The highest BCUT2D eigenvalue weighted by Crippen LogP contribution is 2.19. The van der Waals surface area contributed by atoms with Crippen LogP contribution in [-0.2, 0) is 0 Å². The predicted octanol–water partition coefficient (Wildman–Crippen LogP) is 2.04. The second-order valence-electron chi connectivity index (χ2n) is 2.73. The van der Waals surface area contributed by atoms with E-state index in [4.69, 9.17) is 10.5 Å². The van der Waals surface area contributed by atoms with Crippen LogP contribution in [-0.4, -0.2) is 0 Å². The van der Waals surface area contributed by atoms with Crippen molar-refractivity contribution in [3.05, 3.63) is 6.42 Å². The van der Waals surface area contributed by atoms with Gasteiger partial charge in [-0.05, 0) is 26.7 Å². The molecule has 0 atom stereocenters. The van der Waals surface area contributed by atoms with E-state index < -0.39 is 0 Å². The smallest absolute Gasteiger partial charge is 0.0686 e. The third kappa shape index (κ3) is 3.92. The van der Waals surface area contributed by atoms with E-state index in [1.807, 2.05) is 26.3 Å². The molecule has 0 aromatic heterocycles. The normalized spacial score (nSPS) is 10.0. The second kappa shape index (κ2) is 3.90. The summed E-state index contributed by atoms with van der Waals surface area (Å²) < 4.78 is 0. The van der Waals surface area contributed by atoms with Gasteiger partial charge in [-0.25, -0.2) is 0 Å². The van der Waals surface area contributed by atoms with Gasteiger partial charge in [0.1, 0.15) is 0 Å². The Morgan fingerprint density at radius 1 is 1.40 bits per heavy atom. The van der Waals surface area contributed by atoms with Gasteiger partial charge in [0.05, 0.1) is 17.6 Å². The van der Waals surface area contributed by atoms with Gasteiger partial charge in [-0.15, -0.1) is 0 Å². The Hall–Kier alpha value is -1.02. The summed E-state index contributed by atoms with van der Waals surface area (Å²) in [4.78, 5) is 0. The fourth-order valence-electron chi connectivity index (χ4n) is 0.543. The van der Waals surface area contributed by atoms with Crippen LogP contribution < -0.4 is 0 Å². The first-order valence-electron chi connectivity index (χ1n) is 3.25. The van der Waals surface area contributed by atoms with Crippen molar-refractivity contribution in [1.29, 1.82) is 10.5 Å². The van der Waals surface area contributed by atoms with Gasteiger partial charge in [0.25, 0.3) is 0 Å². The molecule has 0 N–H and O–H groups in total. The Morgan fingerprint density at radius 3 is 2.40 bits per heavy atom. The van der Waals surface area contributed by atoms with Crippen molar-refractivity contribution < 1.29 is 0 Å². The molecule has 0 fully saturated rings. The van der Waals surface area contributed by atoms with E-state index in [0.29, 0.717) is 12.8 Å². The van der Waals surface area contributed by atoms with E-state index in [1.165, 1.54) is 0 Å². The van der Waals surface area contributed by atoms with Crippen molar-refractivity contribution in [2.45, 2.75) is 26.7 Å². The van der Waals surface area contributed by atoms with Crippen molar-refractivity contribution in [2.75, 3.05) is 0 Å². The fourth-order valence-corrected chi connectivity index (χ4v) is 0.543. The Bertz CT molecular complexity index is 169. The average Bonchev–Trinajstić information content (AvgIpc) is 1.89. The summed E-state index contributed by atoms with van der Waals surface area (Å²) in [7, 11) is 0. The SMILES string of the molecule is CC(C)(C#N)[CH]CCC#N. The maximum absolute atomic E-state index is 8.53. The monoisotopic (exact) mass is 135 g/mol. The molecule has 0 aliphatic heterocycles. The van der Waals surface area contributed by atoms with Crippen molar-refractivity contribution >= 4 is 0 Å². The molecule has 0 aliphatic carbocycles. The highest BCUT2D eigenvalue weighted by molar-refractivity contribution is 5.02. The zero-order valence-electron chi connectivity index (χ0n) is 6.39. The van der Waals surface area contributed by atoms with E-state index in [0.717, 1.165) is 0 Å². The topological polar surface area (TPSA) is 47.6 Å². The lowest BCUT2D eigenvalue weighted by Crippen LogP contribution is -2.07. The zero-order chi connectivity index (χ0) is 8.04. The lowest BCUT2D eigenvalue weighted by molar-refractivity contribution is 0.559. The van der Waals surface area contributed by atoms with Gasteiger partial charge in [0, 0.05) is 6.42 Å². The van der Waals surface area contributed by atoms with Crippen LogP contribution >= 0.6 is 0 Å². The van der Waals surface area contributed by atoms with Gasteiger partial charge in [-0.3, -0.25) is 0 Å². The first-order valence-corrected chi connectivity index (χ1v) is 3.25. The number of rotatable bonds is 3. The maximum atomic E-state index is 8.53. The van der Waals surface area contributed by atoms with Gasteiger partial charge < -0.3 is 0 Å². The Balaban J connectivity index is 3.52. The molecule has 0 unspecified atom stereocenters. The molecule has 0 aromatic rings. The quantitative estimate of drug-likeness (QED) is 0.556. The van der Waals surface area contributed by atoms with Crippen molar-refractivity contribution in [3.8, 4) is 12.1 Å².